The highest BCUT2D eigenvalue weighted by Gasteiger charge is 2.34. The number of nitrogens with one attached hydrogen (secondary N) is 1. The summed E-state index contributed by atoms with van der Waals surface area (Å²) >= 11 is 0. The lowest BCUT2D eigenvalue weighted by molar-refractivity contribution is 0.0527. The molecular weight excluding hydrogens is 408 g/mol. The molecule has 0 bridgehead atoms. The summed E-state index contributed by atoms with van der Waals surface area (Å²) in [5, 5.41) is 2.63. The van der Waals surface area contributed by atoms with Gasteiger partial charge in [0.1, 0.15) is 5.60 Å². The largest absolute Gasteiger partial charge is 0.444 e. The second-order valence-electron chi connectivity index (χ2n) is 8.00. The van der Waals surface area contributed by atoms with Crippen molar-refractivity contribution in [3.63, 3.8) is 0 Å². The molecule has 0 atom stereocenters. The van der Waals surface area contributed by atoms with E-state index < -0.39 is 11.7 Å². The molecule has 0 aliphatic carbocycles. The molecule has 0 saturated carbocycles. The monoisotopic (exact) mass is 432 g/mol. The summed E-state index contributed by atoms with van der Waals surface area (Å²) in [5.74, 6) is 11.9. The normalized spacial score (nSPS) is 12.4. The number of imide groups is 1. The van der Waals surface area contributed by atoms with Gasteiger partial charge in [-0.1, -0.05) is 24.0 Å². The Labute approximate surface area is 187 Å². The van der Waals surface area contributed by atoms with E-state index in [2.05, 4.69) is 29.0 Å². The molecule has 1 aliphatic heterocycles. The Bertz CT molecular complexity index is 1110. The molecule has 1 aromatic carbocycles. The molecule has 1 aliphatic rings. The minimum atomic E-state index is -0.536. The van der Waals surface area contributed by atoms with Gasteiger partial charge < -0.3 is 14.5 Å². The summed E-state index contributed by atoms with van der Waals surface area (Å²) in [6, 6.07) is 10.2. The van der Waals surface area contributed by atoms with E-state index in [0.717, 1.165) is 0 Å². The van der Waals surface area contributed by atoms with Gasteiger partial charge in [-0.15, -0.1) is 0 Å². The number of carbonyl (C=O) groups is 3. The highest BCUT2D eigenvalue weighted by molar-refractivity contribution is 6.21. The van der Waals surface area contributed by atoms with Crippen molar-refractivity contribution in [1.82, 2.24) is 10.2 Å². The molecule has 32 heavy (non-hydrogen) atoms. The van der Waals surface area contributed by atoms with E-state index in [9.17, 15) is 14.4 Å². The van der Waals surface area contributed by atoms with Crippen molar-refractivity contribution < 1.29 is 23.5 Å². The van der Waals surface area contributed by atoms with Crippen molar-refractivity contribution in [2.45, 2.75) is 39.2 Å². The van der Waals surface area contributed by atoms with E-state index in [4.69, 9.17) is 9.15 Å². The zero-order valence-electron chi connectivity index (χ0n) is 18.3. The van der Waals surface area contributed by atoms with Crippen LogP contribution >= 0.6 is 0 Å². The minimum absolute atomic E-state index is 0.220. The minimum Gasteiger partial charge on any atom is -0.444 e. The Hall–Kier alpha value is -3.97. The lowest BCUT2D eigenvalue weighted by Crippen LogP contribution is -2.32. The van der Waals surface area contributed by atoms with Gasteiger partial charge in [-0.25, -0.2) is 4.79 Å². The molecular formula is C25H24N2O5. The van der Waals surface area contributed by atoms with Crippen LogP contribution < -0.4 is 5.32 Å². The summed E-state index contributed by atoms with van der Waals surface area (Å²) in [4.78, 5) is 37.4. The molecule has 2 heterocycles. The first-order valence-corrected chi connectivity index (χ1v) is 10.2. The van der Waals surface area contributed by atoms with Gasteiger partial charge in [-0.05, 0) is 56.9 Å². The maximum atomic E-state index is 12.3. The third-order valence-electron chi connectivity index (χ3n) is 4.29. The maximum absolute atomic E-state index is 12.3. The molecule has 0 unspecified atom stereocenters. The van der Waals surface area contributed by atoms with Crippen LogP contribution in [0.4, 0.5) is 4.79 Å². The van der Waals surface area contributed by atoms with Gasteiger partial charge in [0.25, 0.3) is 11.8 Å². The summed E-state index contributed by atoms with van der Waals surface area (Å²) in [6.07, 6.45) is 0.307. The number of hydrogen-bond acceptors (Lipinski definition) is 5. The molecule has 1 aromatic heterocycles. The maximum Gasteiger partial charge on any atom is 0.407 e. The zero-order chi connectivity index (χ0) is 23.1. The predicted molar refractivity (Wildman–Crippen MR) is 118 cm³/mol. The second-order valence-corrected chi connectivity index (χ2v) is 8.00. The molecule has 7 heteroatoms. The number of nitrogens with zero attached hydrogens (tertiary/aromatic N) is 1. The van der Waals surface area contributed by atoms with Gasteiger partial charge >= 0.3 is 6.09 Å². The molecule has 3 amide bonds. The number of hydrogen-bond donors (Lipinski definition) is 1. The van der Waals surface area contributed by atoms with Crippen LogP contribution in [0.2, 0.25) is 0 Å². The Morgan fingerprint density at radius 3 is 2.09 bits per heavy atom. The summed E-state index contributed by atoms with van der Waals surface area (Å²) in [5.41, 5.74) is 0.327. The average Bonchev–Trinajstić information content (AvgIpc) is 3.27. The van der Waals surface area contributed by atoms with E-state index in [1.165, 1.54) is 4.90 Å². The molecule has 164 valence electrons. The molecule has 2 aromatic rings. The van der Waals surface area contributed by atoms with Crippen molar-refractivity contribution in [2.24, 2.45) is 0 Å². The van der Waals surface area contributed by atoms with Gasteiger partial charge in [0.15, 0.2) is 11.5 Å². The SMILES string of the molecule is CC(C)(C)OC(=O)NCCC#Cc1ccc(C#CCCN2C(=O)c3ccccc3C2=O)o1. The molecule has 0 saturated heterocycles. The smallest absolute Gasteiger partial charge is 0.407 e. The Morgan fingerprint density at radius 1 is 0.969 bits per heavy atom. The fourth-order valence-electron chi connectivity index (χ4n) is 2.92. The van der Waals surface area contributed by atoms with Crippen LogP contribution in [0.15, 0.2) is 40.8 Å². The van der Waals surface area contributed by atoms with Gasteiger partial charge in [0, 0.05) is 25.9 Å². The van der Waals surface area contributed by atoms with Crippen molar-refractivity contribution in [3.8, 4) is 23.7 Å². The van der Waals surface area contributed by atoms with Crippen molar-refractivity contribution >= 4 is 17.9 Å². The van der Waals surface area contributed by atoms with Crippen LogP contribution in [-0.2, 0) is 4.74 Å². The standard InChI is InChI=1S/C25H24N2O5/c1-25(2,3)32-24(30)26-16-8-6-10-18-14-15-19(31-18)11-7-9-17-27-22(28)20-12-4-5-13-21(20)23(27)29/h4-5,12-15H,8-9,16-17H2,1-3H3,(H,26,30). The lowest BCUT2D eigenvalue weighted by atomic mass is 10.1. The first-order valence-electron chi connectivity index (χ1n) is 10.2. The number of carbonyl (C=O) groups excluding carboxylic acids is 3. The molecule has 3 rings (SSSR count). The van der Waals surface area contributed by atoms with Crippen molar-refractivity contribution in [2.75, 3.05) is 13.1 Å². The first-order chi connectivity index (χ1) is 15.2. The fraction of sp³-hybridized carbons (Fsp3) is 0.320. The highest BCUT2D eigenvalue weighted by atomic mass is 16.6. The van der Waals surface area contributed by atoms with Gasteiger partial charge in [0.2, 0.25) is 0 Å². The zero-order valence-corrected chi connectivity index (χ0v) is 18.3. The number of fused-ring (bicyclic) bond motifs is 1. The van der Waals surface area contributed by atoms with Crippen molar-refractivity contribution in [3.05, 3.63) is 59.0 Å². The quantitative estimate of drug-likeness (QED) is 0.453. The van der Waals surface area contributed by atoms with Crippen LogP contribution in [0.3, 0.4) is 0 Å². The topological polar surface area (TPSA) is 88.9 Å². The van der Waals surface area contributed by atoms with Crippen LogP contribution in [0.1, 0.15) is 65.8 Å². The summed E-state index contributed by atoms with van der Waals surface area (Å²) in [6.45, 7) is 5.99. The molecule has 0 fully saturated rings. The Morgan fingerprint density at radius 2 is 1.53 bits per heavy atom. The first kappa shape index (κ1) is 22.7. The van der Waals surface area contributed by atoms with E-state index in [0.29, 0.717) is 42.0 Å². The number of ether oxygens (including phenoxy) is 1. The van der Waals surface area contributed by atoms with E-state index in [1.54, 1.807) is 57.2 Å². The second kappa shape index (κ2) is 9.89. The average molecular weight is 432 g/mol. The van der Waals surface area contributed by atoms with Gasteiger partial charge in [0.05, 0.1) is 11.1 Å². The number of furan rings is 1. The fourth-order valence-corrected chi connectivity index (χ4v) is 2.92. The van der Waals surface area contributed by atoms with Gasteiger partial charge in [-0.3, -0.25) is 14.5 Å². The number of alkyl carbamates (subject to hydrolysis) is 1. The number of rotatable bonds is 4. The Kier molecular flexibility index (Phi) is 7.02. The van der Waals surface area contributed by atoms with Crippen LogP contribution in [0.25, 0.3) is 0 Å². The Balaban J connectivity index is 1.43. The van der Waals surface area contributed by atoms with E-state index in [-0.39, 0.29) is 18.4 Å². The summed E-state index contributed by atoms with van der Waals surface area (Å²) < 4.78 is 10.7. The highest BCUT2D eigenvalue weighted by Crippen LogP contribution is 2.22. The lowest BCUT2D eigenvalue weighted by Gasteiger charge is -2.19. The van der Waals surface area contributed by atoms with Gasteiger partial charge in [-0.2, -0.15) is 0 Å². The number of amides is 3. The molecule has 7 nitrogen and oxygen atoms in total. The predicted octanol–water partition coefficient (Wildman–Crippen LogP) is 3.58. The molecule has 0 spiro atoms. The van der Waals surface area contributed by atoms with Crippen LogP contribution in [-0.4, -0.2) is 41.5 Å². The van der Waals surface area contributed by atoms with Crippen LogP contribution in [0, 0.1) is 23.7 Å². The van der Waals surface area contributed by atoms with Crippen molar-refractivity contribution in [1.29, 1.82) is 0 Å². The summed E-state index contributed by atoms with van der Waals surface area (Å²) in [7, 11) is 0. The molecule has 0 radical (unpaired) electrons. The van der Waals surface area contributed by atoms with E-state index >= 15 is 0 Å². The van der Waals surface area contributed by atoms with E-state index in [1.807, 2.05) is 0 Å². The van der Waals surface area contributed by atoms with Crippen LogP contribution in [0.5, 0.6) is 0 Å². The molecule has 1 N–H and O–H groups in total. The third kappa shape index (κ3) is 6.02. The third-order valence-corrected chi connectivity index (χ3v) is 4.29. The number of benzene rings is 1.